The highest BCUT2D eigenvalue weighted by molar-refractivity contribution is 5.99. The van der Waals surface area contributed by atoms with Gasteiger partial charge in [-0.2, -0.15) is 5.26 Å². The first-order chi connectivity index (χ1) is 8.52. The topological polar surface area (TPSA) is 62.1 Å². The molecule has 0 unspecified atom stereocenters. The Bertz CT molecular complexity index is 539. The molecule has 18 heavy (non-hydrogen) atoms. The van der Waals surface area contributed by atoms with Crippen molar-refractivity contribution in [2.24, 2.45) is 5.41 Å². The molecule has 1 saturated carbocycles. The van der Waals surface area contributed by atoms with Gasteiger partial charge in [-0.3, -0.25) is 4.79 Å². The standard InChI is InChI=1S/C14H16N2O2/c1-9-7-12(18-3)10(2)6-11(9)16-13(17)14(8-15)4-5-14/h6-7H,4-5H2,1-3H3,(H,16,17). The van der Waals surface area contributed by atoms with E-state index in [0.29, 0.717) is 12.8 Å². The van der Waals surface area contributed by atoms with Gasteiger partial charge in [0.15, 0.2) is 0 Å². The average molecular weight is 244 g/mol. The monoisotopic (exact) mass is 244 g/mol. The van der Waals surface area contributed by atoms with E-state index in [9.17, 15) is 4.79 Å². The van der Waals surface area contributed by atoms with E-state index in [2.05, 4.69) is 11.4 Å². The number of rotatable bonds is 3. The summed E-state index contributed by atoms with van der Waals surface area (Å²) in [5.41, 5.74) is 1.85. The van der Waals surface area contributed by atoms with E-state index < -0.39 is 5.41 Å². The number of nitrogens with zero attached hydrogens (tertiary/aromatic N) is 1. The highest BCUT2D eigenvalue weighted by Crippen LogP contribution is 2.46. The van der Waals surface area contributed by atoms with E-state index in [-0.39, 0.29) is 5.91 Å². The zero-order valence-corrected chi connectivity index (χ0v) is 10.8. The lowest BCUT2D eigenvalue weighted by Gasteiger charge is -2.13. The Morgan fingerprint density at radius 2 is 2.06 bits per heavy atom. The van der Waals surface area contributed by atoms with E-state index in [1.165, 1.54) is 0 Å². The number of aryl methyl sites for hydroxylation is 2. The van der Waals surface area contributed by atoms with Gasteiger partial charge in [0.1, 0.15) is 11.2 Å². The van der Waals surface area contributed by atoms with E-state index in [1.807, 2.05) is 26.0 Å². The van der Waals surface area contributed by atoms with Gasteiger partial charge in [-0.15, -0.1) is 0 Å². The fourth-order valence-electron chi connectivity index (χ4n) is 1.90. The van der Waals surface area contributed by atoms with Crippen molar-refractivity contribution >= 4 is 11.6 Å². The highest BCUT2D eigenvalue weighted by Gasteiger charge is 2.50. The summed E-state index contributed by atoms with van der Waals surface area (Å²) in [4.78, 5) is 12.0. The highest BCUT2D eigenvalue weighted by atomic mass is 16.5. The molecule has 94 valence electrons. The van der Waals surface area contributed by atoms with Crippen LogP contribution in [0.5, 0.6) is 5.75 Å². The van der Waals surface area contributed by atoms with Crippen LogP contribution in [0.1, 0.15) is 24.0 Å². The van der Waals surface area contributed by atoms with Crippen molar-refractivity contribution in [2.75, 3.05) is 12.4 Å². The van der Waals surface area contributed by atoms with Crippen LogP contribution in [-0.2, 0) is 4.79 Å². The molecule has 1 fully saturated rings. The molecule has 1 amide bonds. The van der Waals surface area contributed by atoms with Crippen LogP contribution in [0.15, 0.2) is 12.1 Å². The zero-order chi connectivity index (χ0) is 13.3. The Morgan fingerprint density at radius 1 is 1.39 bits per heavy atom. The molecule has 0 atom stereocenters. The average Bonchev–Trinajstić information content (AvgIpc) is 3.14. The van der Waals surface area contributed by atoms with Crippen LogP contribution in [0.25, 0.3) is 0 Å². The van der Waals surface area contributed by atoms with Gasteiger partial charge in [0.25, 0.3) is 0 Å². The molecule has 0 bridgehead atoms. The maximum Gasteiger partial charge on any atom is 0.244 e. The fraction of sp³-hybridized carbons (Fsp3) is 0.429. The summed E-state index contributed by atoms with van der Waals surface area (Å²) in [7, 11) is 1.62. The summed E-state index contributed by atoms with van der Waals surface area (Å²) in [5, 5.41) is 11.8. The third-order valence-corrected chi connectivity index (χ3v) is 3.39. The molecule has 1 aromatic rings. The quantitative estimate of drug-likeness (QED) is 0.888. The Kier molecular flexibility index (Phi) is 3.00. The van der Waals surface area contributed by atoms with E-state index >= 15 is 0 Å². The molecule has 0 spiro atoms. The third kappa shape index (κ3) is 2.04. The van der Waals surface area contributed by atoms with Gasteiger partial charge in [0, 0.05) is 5.69 Å². The number of hydrogen-bond donors (Lipinski definition) is 1. The molecule has 0 aromatic heterocycles. The second kappa shape index (κ2) is 4.34. The van der Waals surface area contributed by atoms with Gasteiger partial charge >= 0.3 is 0 Å². The van der Waals surface area contributed by atoms with Gasteiger partial charge in [0.2, 0.25) is 5.91 Å². The number of nitriles is 1. The number of methoxy groups -OCH3 is 1. The number of carbonyl (C=O) groups is 1. The summed E-state index contributed by atoms with van der Waals surface area (Å²) in [6.45, 7) is 3.83. The smallest absolute Gasteiger partial charge is 0.244 e. The van der Waals surface area contributed by atoms with Crippen molar-refractivity contribution in [1.29, 1.82) is 5.26 Å². The van der Waals surface area contributed by atoms with Crippen molar-refractivity contribution < 1.29 is 9.53 Å². The summed E-state index contributed by atoms with van der Waals surface area (Å²) < 4.78 is 5.22. The van der Waals surface area contributed by atoms with Crippen LogP contribution in [0.4, 0.5) is 5.69 Å². The number of nitrogens with one attached hydrogen (secondary N) is 1. The minimum Gasteiger partial charge on any atom is -0.496 e. The Balaban J connectivity index is 2.23. The summed E-state index contributed by atoms with van der Waals surface area (Å²) in [6.07, 6.45) is 1.31. The van der Waals surface area contributed by atoms with Gasteiger partial charge in [-0.25, -0.2) is 0 Å². The number of anilines is 1. The predicted molar refractivity (Wildman–Crippen MR) is 68.4 cm³/mol. The summed E-state index contributed by atoms with van der Waals surface area (Å²) in [5.74, 6) is 0.601. The molecule has 4 heteroatoms. The Morgan fingerprint density at radius 3 is 2.56 bits per heavy atom. The molecule has 2 rings (SSSR count). The molecule has 4 nitrogen and oxygen atoms in total. The van der Waals surface area contributed by atoms with Crippen molar-refractivity contribution in [3.8, 4) is 11.8 Å². The molecule has 1 aliphatic rings. The first-order valence-electron chi connectivity index (χ1n) is 5.90. The predicted octanol–water partition coefficient (Wildman–Crippen LogP) is 2.55. The maximum atomic E-state index is 12.0. The molecule has 1 aliphatic carbocycles. The number of ether oxygens (including phenoxy) is 1. The molecule has 0 aliphatic heterocycles. The summed E-state index contributed by atoms with van der Waals surface area (Å²) in [6, 6.07) is 5.85. The normalized spacial score (nSPS) is 15.7. The molecule has 0 radical (unpaired) electrons. The number of benzene rings is 1. The van der Waals surface area contributed by atoms with Crippen LogP contribution in [0.3, 0.4) is 0 Å². The third-order valence-electron chi connectivity index (χ3n) is 3.39. The molecular weight excluding hydrogens is 228 g/mol. The van der Waals surface area contributed by atoms with Crippen LogP contribution >= 0.6 is 0 Å². The van der Waals surface area contributed by atoms with Gasteiger partial charge in [-0.05, 0) is 49.9 Å². The van der Waals surface area contributed by atoms with Crippen molar-refractivity contribution in [3.63, 3.8) is 0 Å². The largest absolute Gasteiger partial charge is 0.496 e. The zero-order valence-electron chi connectivity index (χ0n) is 10.8. The fourth-order valence-corrected chi connectivity index (χ4v) is 1.90. The maximum absolute atomic E-state index is 12.0. The number of carbonyl (C=O) groups excluding carboxylic acids is 1. The van der Waals surface area contributed by atoms with Crippen LogP contribution in [-0.4, -0.2) is 13.0 Å². The first kappa shape index (κ1) is 12.4. The number of amides is 1. The SMILES string of the molecule is COc1cc(C)c(NC(=O)C2(C#N)CC2)cc1C. The van der Waals surface area contributed by atoms with Crippen molar-refractivity contribution in [2.45, 2.75) is 26.7 Å². The lowest BCUT2D eigenvalue weighted by molar-refractivity contribution is -0.119. The molecule has 1 aromatic carbocycles. The van der Waals surface area contributed by atoms with Crippen LogP contribution < -0.4 is 10.1 Å². The second-order valence-corrected chi connectivity index (χ2v) is 4.78. The minimum atomic E-state index is -0.791. The lowest BCUT2D eigenvalue weighted by Crippen LogP contribution is -2.23. The van der Waals surface area contributed by atoms with E-state index in [1.54, 1.807) is 7.11 Å². The lowest BCUT2D eigenvalue weighted by atomic mass is 10.1. The first-order valence-corrected chi connectivity index (χ1v) is 5.90. The van der Waals surface area contributed by atoms with Gasteiger partial charge in [0.05, 0.1) is 13.2 Å². The molecular formula is C14H16N2O2. The molecule has 0 saturated heterocycles. The van der Waals surface area contributed by atoms with Crippen LogP contribution in [0.2, 0.25) is 0 Å². The van der Waals surface area contributed by atoms with Crippen molar-refractivity contribution in [1.82, 2.24) is 0 Å². The van der Waals surface area contributed by atoms with E-state index in [4.69, 9.17) is 10.00 Å². The van der Waals surface area contributed by atoms with Gasteiger partial charge < -0.3 is 10.1 Å². The van der Waals surface area contributed by atoms with E-state index in [0.717, 1.165) is 22.6 Å². The molecule has 1 N–H and O–H groups in total. The number of hydrogen-bond acceptors (Lipinski definition) is 3. The Labute approximate surface area is 107 Å². The van der Waals surface area contributed by atoms with Gasteiger partial charge in [-0.1, -0.05) is 0 Å². The second-order valence-electron chi connectivity index (χ2n) is 4.78. The van der Waals surface area contributed by atoms with Crippen molar-refractivity contribution in [3.05, 3.63) is 23.3 Å². The minimum absolute atomic E-state index is 0.197. The summed E-state index contributed by atoms with van der Waals surface area (Å²) >= 11 is 0. The molecule has 0 heterocycles. The van der Waals surface area contributed by atoms with Crippen LogP contribution in [0, 0.1) is 30.6 Å². The Hall–Kier alpha value is -2.02.